The molecule has 0 fully saturated rings. The number of hydrogen-bond donors (Lipinski definition) is 1. The molecule has 0 bridgehead atoms. The zero-order valence-corrected chi connectivity index (χ0v) is 5.61. The van der Waals surface area contributed by atoms with Crippen LogP contribution < -0.4 is 4.72 Å². The Labute approximate surface area is 51.7 Å². The van der Waals surface area contributed by atoms with E-state index in [2.05, 4.69) is 22.0 Å². The molecule has 0 saturated heterocycles. The first kappa shape index (κ1) is 5.72. The molecule has 0 radical (unpaired) electrons. The molecule has 1 heterocycles. The molecule has 0 aliphatic rings. The van der Waals surface area contributed by atoms with E-state index in [0.717, 1.165) is 6.54 Å². The van der Waals surface area contributed by atoms with E-state index >= 15 is 0 Å². The second-order valence-electron chi connectivity index (χ2n) is 1.41. The Bertz CT molecular complexity index is 136. The Kier molecular flexibility index (Phi) is 2.00. The first-order valence-electron chi connectivity index (χ1n) is 2.59. The van der Waals surface area contributed by atoms with Gasteiger partial charge < -0.3 is 0 Å². The molecule has 1 rings (SSSR count). The smallest absolute Gasteiger partial charge is 0.207 e. The Morgan fingerprint density at radius 1 is 1.75 bits per heavy atom. The number of rotatable bonds is 2. The lowest BCUT2D eigenvalue weighted by molar-refractivity contribution is 1.28. The van der Waals surface area contributed by atoms with Gasteiger partial charge in [-0.15, -0.1) is 4.72 Å². The number of nitrogens with zero attached hydrogens (tertiary/aromatic N) is 1. The first-order chi connectivity index (χ1) is 3.93. The third-order valence-corrected chi connectivity index (χ3v) is 2.16. The number of hydrogen-bond acceptors (Lipinski definition) is 2. The fraction of sp³-hybridized carbons (Fsp3) is 0.400. The van der Waals surface area contributed by atoms with Crippen molar-refractivity contribution in [3.05, 3.63) is 17.1 Å². The van der Waals surface area contributed by atoms with Gasteiger partial charge in [-0.05, 0) is 6.92 Å². The topological polar surface area (TPSA) is 24.9 Å². The zero-order chi connectivity index (χ0) is 5.82. The van der Waals surface area contributed by atoms with Crippen LogP contribution in [0.1, 0.15) is 6.92 Å². The quantitative estimate of drug-likeness (QED) is 0.610. The van der Waals surface area contributed by atoms with Crippen molar-refractivity contribution in [2.24, 2.45) is 0 Å². The van der Waals surface area contributed by atoms with Crippen molar-refractivity contribution >= 4 is 10.7 Å². The minimum absolute atomic E-state index is 0.150. The highest BCUT2D eigenvalue weighted by Gasteiger charge is 1.96. The van der Waals surface area contributed by atoms with Crippen molar-refractivity contribution in [1.82, 2.24) is 4.98 Å². The van der Waals surface area contributed by atoms with Gasteiger partial charge in [-0.1, -0.05) is 0 Å². The van der Waals surface area contributed by atoms with Crippen LogP contribution >= 0.6 is 10.7 Å². The average Bonchev–Trinajstić information content (AvgIpc) is 2.19. The molecule has 2 nitrogen and oxygen atoms in total. The molecule has 1 unspecified atom stereocenters. The summed E-state index contributed by atoms with van der Waals surface area (Å²) in [4.78, 5) is 3.93. The summed E-state index contributed by atoms with van der Waals surface area (Å²) >= 11 is 0. The highest BCUT2D eigenvalue weighted by Crippen LogP contribution is 2.07. The Hall–Kier alpha value is -0.410. The Balaban J connectivity index is 2.50. The summed E-state index contributed by atoms with van der Waals surface area (Å²) in [5, 5.41) is 2.06. The van der Waals surface area contributed by atoms with Crippen LogP contribution in [0.15, 0.2) is 17.1 Å². The summed E-state index contributed by atoms with van der Waals surface area (Å²) < 4.78 is 3.24. The van der Waals surface area contributed by atoms with Gasteiger partial charge in [0.15, 0.2) is 5.38 Å². The summed E-state index contributed by atoms with van der Waals surface area (Å²) in [7, 11) is 0.150. The van der Waals surface area contributed by atoms with E-state index in [1.54, 1.807) is 0 Å². The third-order valence-electron chi connectivity index (χ3n) is 0.779. The molecule has 0 aromatic carbocycles. The van der Waals surface area contributed by atoms with Gasteiger partial charge in [-0.2, -0.15) is 0 Å². The first-order valence-corrected chi connectivity index (χ1v) is 3.94. The average molecular weight is 129 g/mol. The Morgan fingerprint density at radius 3 is 3.12 bits per heavy atom. The maximum Gasteiger partial charge on any atom is 0.250 e. The molecule has 0 aliphatic heterocycles. The molecule has 1 atom stereocenters. The van der Waals surface area contributed by atoms with E-state index in [1.807, 2.05) is 11.7 Å². The molecule has 0 aliphatic carbocycles. The van der Waals surface area contributed by atoms with Crippen LogP contribution in [0.4, 0.5) is 0 Å². The van der Waals surface area contributed by atoms with Gasteiger partial charge in [-0.25, -0.2) is 4.98 Å². The van der Waals surface area contributed by atoms with Gasteiger partial charge in [0.2, 0.25) is 0 Å². The summed E-state index contributed by atoms with van der Waals surface area (Å²) in [5.74, 6) is 0. The van der Waals surface area contributed by atoms with E-state index < -0.39 is 0 Å². The van der Waals surface area contributed by atoms with E-state index in [9.17, 15) is 0 Å². The molecule has 8 heavy (non-hydrogen) atoms. The van der Waals surface area contributed by atoms with Crippen molar-refractivity contribution in [2.45, 2.75) is 6.92 Å². The predicted molar refractivity (Wildman–Crippen MR) is 36.6 cm³/mol. The van der Waals surface area contributed by atoms with Crippen LogP contribution in [0.5, 0.6) is 0 Å². The van der Waals surface area contributed by atoms with E-state index in [4.69, 9.17) is 0 Å². The van der Waals surface area contributed by atoms with Crippen LogP contribution in [0.2, 0.25) is 0 Å². The molecular formula is C5H9N2S+. The van der Waals surface area contributed by atoms with E-state index in [-0.39, 0.29) is 10.7 Å². The van der Waals surface area contributed by atoms with Crippen LogP contribution in [-0.4, -0.2) is 11.5 Å². The van der Waals surface area contributed by atoms with Crippen LogP contribution in [-0.2, 0) is 0 Å². The normalized spacial score (nSPS) is 11.9. The van der Waals surface area contributed by atoms with Crippen molar-refractivity contribution < 1.29 is 0 Å². The third kappa shape index (κ3) is 1.28. The fourth-order valence-corrected chi connectivity index (χ4v) is 1.47. The maximum absolute atomic E-state index is 3.93. The van der Waals surface area contributed by atoms with Crippen molar-refractivity contribution in [3.8, 4) is 0 Å². The van der Waals surface area contributed by atoms with Gasteiger partial charge in [0.05, 0.1) is 16.9 Å². The van der Waals surface area contributed by atoms with Crippen molar-refractivity contribution in [1.29, 1.82) is 0 Å². The van der Waals surface area contributed by atoms with Gasteiger partial charge in [0, 0.05) is 6.54 Å². The zero-order valence-electron chi connectivity index (χ0n) is 4.79. The van der Waals surface area contributed by atoms with Crippen LogP contribution in [0.3, 0.4) is 0 Å². The fourth-order valence-electron chi connectivity index (χ4n) is 0.489. The van der Waals surface area contributed by atoms with E-state index in [0.29, 0.717) is 0 Å². The molecular weight excluding hydrogens is 120 g/mol. The van der Waals surface area contributed by atoms with Gasteiger partial charge >= 0.3 is 0 Å². The predicted octanol–water partition coefficient (Wildman–Crippen LogP) is 1.39. The molecule has 0 amide bonds. The van der Waals surface area contributed by atoms with Crippen LogP contribution in [0.25, 0.3) is 0 Å². The van der Waals surface area contributed by atoms with Crippen molar-refractivity contribution in [3.63, 3.8) is 0 Å². The lowest BCUT2D eigenvalue weighted by Crippen LogP contribution is -1.90. The number of thiazole rings is 1. The summed E-state index contributed by atoms with van der Waals surface area (Å²) in [6, 6.07) is 0. The monoisotopic (exact) mass is 129 g/mol. The minimum atomic E-state index is 0.150. The van der Waals surface area contributed by atoms with Gasteiger partial charge in [-0.3, -0.25) is 0 Å². The molecule has 1 aromatic heterocycles. The molecule has 0 spiro atoms. The van der Waals surface area contributed by atoms with E-state index in [1.165, 1.54) is 0 Å². The van der Waals surface area contributed by atoms with Crippen LogP contribution in [0, 0.1) is 0 Å². The van der Waals surface area contributed by atoms with Crippen molar-refractivity contribution in [2.75, 3.05) is 11.3 Å². The molecule has 1 aromatic rings. The maximum atomic E-state index is 3.93. The molecule has 44 valence electrons. The summed E-state index contributed by atoms with van der Waals surface area (Å²) in [6.45, 7) is 3.10. The standard InChI is InChI=1S/C5H9N2S/c1-2-7-8-4-3-6-5-8/h3-5,7H,2H2,1H3/q+1. The number of nitrogens with one attached hydrogen (secondary N) is 1. The highest BCUT2D eigenvalue weighted by molar-refractivity contribution is 7.29. The summed E-state index contributed by atoms with van der Waals surface area (Å²) in [6.07, 6.45) is 1.83. The van der Waals surface area contributed by atoms with Gasteiger partial charge in [0.25, 0.3) is 5.51 Å². The second-order valence-corrected chi connectivity index (χ2v) is 2.92. The highest BCUT2D eigenvalue weighted by atomic mass is 32.2. The summed E-state index contributed by atoms with van der Waals surface area (Å²) in [5.41, 5.74) is 1.92. The molecule has 1 N–H and O–H groups in total. The molecule has 0 saturated carbocycles. The minimum Gasteiger partial charge on any atom is -0.207 e. The SMILES string of the molecule is CCN[s+]1ccnc1. The number of aromatic nitrogens is 1. The lowest BCUT2D eigenvalue weighted by atomic mass is 10.8. The largest absolute Gasteiger partial charge is 0.250 e. The molecule has 3 heteroatoms. The second kappa shape index (κ2) is 2.79. The Morgan fingerprint density at radius 2 is 2.62 bits per heavy atom. The lowest BCUT2D eigenvalue weighted by Gasteiger charge is -1.80. The van der Waals surface area contributed by atoms with Gasteiger partial charge in [0.1, 0.15) is 0 Å².